The normalized spacial score (nSPS) is 12.9. The lowest BCUT2D eigenvalue weighted by Gasteiger charge is -2.26. The Bertz CT molecular complexity index is 3780. The molecule has 0 saturated heterocycles. The van der Waals surface area contributed by atoms with Gasteiger partial charge < -0.3 is 9.13 Å². The summed E-state index contributed by atoms with van der Waals surface area (Å²) in [6.07, 6.45) is 0. The second-order valence-electron chi connectivity index (χ2n) is 17.8. The van der Waals surface area contributed by atoms with Crippen molar-refractivity contribution in [3.63, 3.8) is 0 Å². The van der Waals surface area contributed by atoms with E-state index in [4.69, 9.17) is 9.97 Å². The van der Waals surface area contributed by atoms with Crippen LogP contribution in [0, 0.1) is 0 Å². The first-order valence-corrected chi connectivity index (χ1v) is 22.4. The van der Waals surface area contributed by atoms with Gasteiger partial charge in [-0.2, -0.15) is 0 Å². The second kappa shape index (κ2) is 14.3. The van der Waals surface area contributed by atoms with Gasteiger partial charge in [0.15, 0.2) is 5.82 Å². The minimum Gasteiger partial charge on any atom is -0.309 e. The summed E-state index contributed by atoms with van der Waals surface area (Å²) in [4.78, 5) is 10.7. The number of aromatic nitrogens is 4. The Morgan fingerprint density at radius 3 is 1.46 bits per heavy atom. The van der Waals surface area contributed by atoms with Gasteiger partial charge >= 0.3 is 0 Å². The highest BCUT2D eigenvalue weighted by Crippen LogP contribution is 2.53. The number of nitrogens with zero attached hydrogens (tertiary/aromatic N) is 4. The van der Waals surface area contributed by atoms with Gasteiger partial charge in [-0.25, -0.2) is 9.97 Å². The lowest BCUT2D eigenvalue weighted by atomic mass is 9.81. The van der Waals surface area contributed by atoms with Crippen molar-refractivity contribution >= 4 is 43.6 Å². The molecule has 3 aromatic heterocycles. The van der Waals surface area contributed by atoms with E-state index in [1.165, 1.54) is 66.0 Å². The summed E-state index contributed by atoms with van der Waals surface area (Å²) in [5.41, 5.74) is 19.1. The Morgan fingerprint density at radius 2 is 0.846 bits per heavy atom. The first-order chi connectivity index (χ1) is 32.0. The minimum absolute atomic E-state index is 0.270. The molecule has 0 N–H and O–H groups in total. The van der Waals surface area contributed by atoms with E-state index in [1.807, 2.05) is 0 Å². The van der Waals surface area contributed by atoms with Crippen LogP contribution in [-0.2, 0) is 5.41 Å². The fraction of sp³-hybridized carbons (Fsp3) is 0.0492. The summed E-state index contributed by atoms with van der Waals surface area (Å²) in [5, 5.41) is 4.92. The van der Waals surface area contributed by atoms with Crippen molar-refractivity contribution < 1.29 is 0 Å². The fourth-order valence-corrected chi connectivity index (χ4v) is 10.7. The molecule has 0 saturated carbocycles. The van der Waals surface area contributed by atoms with E-state index in [0.29, 0.717) is 5.82 Å². The molecule has 65 heavy (non-hydrogen) atoms. The molecule has 1 aliphatic rings. The van der Waals surface area contributed by atoms with Crippen molar-refractivity contribution in [1.29, 1.82) is 0 Å². The predicted octanol–water partition coefficient (Wildman–Crippen LogP) is 15.6. The zero-order valence-electron chi connectivity index (χ0n) is 36.1. The third-order valence-corrected chi connectivity index (χ3v) is 13.7. The van der Waals surface area contributed by atoms with Crippen molar-refractivity contribution in [2.75, 3.05) is 0 Å². The molecular weight excluding hydrogens is 789 g/mol. The van der Waals surface area contributed by atoms with E-state index in [0.717, 1.165) is 50.5 Å². The molecule has 12 aromatic rings. The highest BCUT2D eigenvalue weighted by molar-refractivity contribution is 6.13. The standard InChI is InChI=1S/C61H42N4/c1-61(2)51-27-15-12-24-45(51)50-36-43(60-62-52(39-18-6-3-7-19-39)38-53(63-60)40-20-8-4-9-21-40)37-58(59(50)61)65-55-29-17-14-26-47(55)49-35-42(31-33-57(49)65)41-30-32-56-48(34-41)46-25-13-16-28-54(46)64(56)44-22-10-5-11-23-44/h3-38H,1-2H3. The van der Waals surface area contributed by atoms with Crippen LogP contribution in [0.25, 0.3) is 111 Å². The summed E-state index contributed by atoms with van der Waals surface area (Å²) < 4.78 is 4.88. The maximum Gasteiger partial charge on any atom is 0.160 e. The fourth-order valence-electron chi connectivity index (χ4n) is 10.7. The van der Waals surface area contributed by atoms with E-state index >= 15 is 0 Å². The maximum absolute atomic E-state index is 5.35. The van der Waals surface area contributed by atoms with Crippen LogP contribution in [0.3, 0.4) is 0 Å². The van der Waals surface area contributed by atoms with Crippen molar-refractivity contribution in [3.8, 4) is 67.5 Å². The number of para-hydroxylation sites is 3. The summed E-state index contributed by atoms with van der Waals surface area (Å²) in [5.74, 6) is 0.698. The van der Waals surface area contributed by atoms with E-state index in [-0.39, 0.29) is 5.41 Å². The van der Waals surface area contributed by atoms with Crippen LogP contribution in [0.2, 0.25) is 0 Å². The Hall–Kier alpha value is -8.34. The highest BCUT2D eigenvalue weighted by atomic mass is 15.0. The van der Waals surface area contributed by atoms with Crippen molar-refractivity contribution in [2.45, 2.75) is 19.3 Å². The van der Waals surface area contributed by atoms with Crippen LogP contribution in [0.1, 0.15) is 25.0 Å². The highest BCUT2D eigenvalue weighted by Gasteiger charge is 2.39. The molecule has 4 nitrogen and oxygen atoms in total. The molecule has 0 unspecified atom stereocenters. The van der Waals surface area contributed by atoms with Gasteiger partial charge in [-0.15, -0.1) is 0 Å². The van der Waals surface area contributed by atoms with Gasteiger partial charge in [0.2, 0.25) is 0 Å². The zero-order valence-corrected chi connectivity index (χ0v) is 36.1. The minimum atomic E-state index is -0.270. The Kier molecular flexibility index (Phi) is 8.22. The molecule has 13 rings (SSSR count). The summed E-state index contributed by atoms with van der Waals surface area (Å²) in [6.45, 7) is 4.75. The van der Waals surface area contributed by atoms with Crippen molar-refractivity contribution in [2.24, 2.45) is 0 Å². The quantitative estimate of drug-likeness (QED) is 0.167. The number of hydrogen-bond acceptors (Lipinski definition) is 2. The predicted molar refractivity (Wildman–Crippen MR) is 270 cm³/mol. The van der Waals surface area contributed by atoms with Gasteiger partial charge in [0.25, 0.3) is 0 Å². The summed E-state index contributed by atoms with van der Waals surface area (Å²) >= 11 is 0. The molecule has 306 valence electrons. The molecular formula is C61H42N4. The molecule has 1 aliphatic carbocycles. The van der Waals surface area contributed by atoms with Crippen LogP contribution in [0.5, 0.6) is 0 Å². The smallest absolute Gasteiger partial charge is 0.160 e. The number of benzene rings is 9. The number of hydrogen-bond donors (Lipinski definition) is 0. The van der Waals surface area contributed by atoms with Crippen molar-refractivity contribution in [1.82, 2.24) is 19.1 Å². The van der Waals surface area contributed by atoms with Crippen LogP contribution in [-0.4, -0.2) is 19.1 Å². The maximum atomic E-state index is 5.35. The van der Waals surface area contributed by atoms with Gasteiger partial charge in [-0.05, 0) is 100 Å². The lowest BCUT2D eigenvalue weighted by molar-refractivity contribution is 0.656. The van der Waals surface area contributed by atoms with E-state index < -0.39 is 0 Å². The number of fused-ring (bicyclic) bond motifs is 9. The summed E-state index contributed by atoms with van der Waals surface area (Å²) in [7, 11) is 0. The van der Waals surface area contributed by atoms with Gasteiger partial charge in [-0.1, -0.05) is 166 Å². The molecule has 0 bridgehead atoms. The van der Waals surface area contributed by atoms with E-state index in [1.54, 1.807) is 0 Å². The van der Waals surface area contributed by atoms with Gasteiger partial charge in [0, 0.05) is 49.3 Å². The summed E-state index contributed by atoms with van der Waals surface area (Å²) in [6, 6.07) is 78.9. The molecule has 4 heteroatoms. The molecule has 0 radical (unpaired) electrons. The van der Waals surface area contributed by atoms with Crippen LogP contribution >= 0.6 is 0 Å². The van der Waals surface area contributed by atoms with Gasteiger partial charge in [0.1, 0.15) is 0 Å². The molecule has 0 aliphatic heterocycles. The number of rotatable bonds is 6. The lowest BCUT2D eigenvalue weighted by Crippen LogP contribution is -2.18. The van der Waals surface area contributed by atoms with Crippen LogP contribution in [0.15, 0.2) is 218 Å². The first kappa shape index (κ1) is 37.2. The molecule has 0 spiro atoms. The third kappa shape index (κ3) is 5.77. The van der Waals surface area contributed by atoms with E-state index in [2.05, 4.69) is 241 Å². The molecule has 9 aromatic carbocycles. The van der Waals surface area contributed by atoms with Gasteiger partial charge in [0.05, 0.1) is 39.1 Å². The molecule has 0 amide bonds. The average molecular weight is 831 g/mol. The second-order valence-corrected chi connectivity index (χ2v) is 17.8. The molecule has 0 atom stereocenters. The first-order valence-electron chi connectivity index (χ1n) is 22.4. The molecule has 3 heterocycles. The topological polar surface area (TPSA) is 35.6 Å². The van der Waals surface area contributed by atoms with Crippen LogP contribution < -0.4 is 0 Å². The van der Waals surface area contributed by atoms with Crippen LogP contribution in [0.4, 0.5) is 0 Å². The monoisotopic (exact) mass is 830 g/mol. The SMILES string of the molecule is CC1(C)c2ccccc2-c2cc(-c3nc(-c4ccccc4)cc(-c4ccccc4)n3)cc(-n3c4ccccc4c4cc(-c5ccc6c(c5)c5ccccc5n6-c5ccccc5)ccc43)c21. The Balaban J connectivity index is 1.04. The average Bonchev–Trinajstić information content (AvgIpc) is 3.97. The van der Waals surface area contributed by atoms with Crippen molar-refractivity contribution in [3.05, 3.63) is 230 Å². The van der Waals surface area contributed by atoms with Gasteiger partial charge in [-0.3, -0.25) is 0 Å². The third-order valence-electron chi connectivity index (χ3n) is 13.7. The Morgan fingerprint density at radius 1 is 0.354 bits per heavy atom. The zero-order chi connectivity index (χ0) is 43.2. The largest absolute Gasteiger partial charge is 0.309 e. The molecule has 0 fully saturated rings. The van der Waals surface area contributed by atoms with E-state index in [9.17, 15) is 0 Å². The Labute approximate surface area is 377 Å².